The Hall–Kier alpha value is -1.31. The molecule has 0 radical (unpaired) electrons. The number of hydrogen-bond acceptors (Lipinski definition) is 1. The Morgan fingerprint density at radius 1 is 1.00 bits per heavy atom. The standard InChI is InChI=1S/C15H22N2/c1-14(2,3)11-8-7-9-17-10-16-13(12(11)17)15(4,5)6/h7-10H,1-6H3. The van der Waals surface area contributed by atoms with Crippen molar-refractivity contribution in [1.29, 1.82) is 0 Å². The highest BCUT2D eigenvalue weighted by atomic mass is 15.0. The fraction of sp³-hybridized carbons (Fsp3) is 0.533. The van der Waals surface area contributed by atoms with Crippen LogP contribution >= 0.6 is 0 Å². The van der Waals surface area contributed by atoms with E-state index in [9.17, 15) is 0 Å². The van der Waals surface area contributed by atoms with E-state index in [4.69, 9.17) is 0 Å². The summed E-state index contributed by atoms with van der Waals surface area (Å²) in [6.45, 7) is 13.4. The molecule has 0 aliphatic rings. The Labute approximate surface area is 104 Å². The Kier molecular flexibility index (Phi) is 2.57. The Balaban J connectivity index is 2.82. The van der Waals surface area contributed by atoms with E-state index in [1.165, 1.54) is 16.8 Å². The molecule has 2 rings (SSSR count). The maximum atomic E-state index is 4.60. The van der Waals surface area contributed by atoms with E-state index < -0.39 is 0 Å². The second-order valence-corrected chi connectivity index (χ2v) is 6.77. The van der Waals surface area contributed by atoms with Crippen LogP contribution in [0, 0.1) is 0 Å². The van der Waals surface area contributed by atoms with Crippen LogP contribution in [0.15, 0.2) is 24.7 Å². The SMILES string of the molecule is CC(C)(C)c1cccn2cnc(C(C)(C)C)c12. The summed E-state index contributed by atoms with van der Waals surface area (Å²) in [5.74, 6) is 0. The minimum Gasteiger partial charge on any atom is -0.306 e. The molecule has 0 aliphatic carbocycles. The van der Waals surface area contributed by atoms with Crippen LogP contribution in [0.4, 0.5) is 0 Å². The van der Waals surface area contributed by atoms with Crippen LogP contribution in [0.25, 0.3) is 5.52 Å². The molecule has 0 bridgehead atoms. The number of fused-ring (bicyclic) bond motifs is 1. The van der Waals surface area contributed by atoms with Gasteiger partial charge >= 0.3 is 0 Å². The number of hydrogen-bond donors (Lipinski definition) is 0. The molecule has 0 amide bonds. The van der Waals surface area contributed by atoms with Crippen molar-refractivity contribution in [1.82, 2.24) is 9.38 Å². The fourth-order valence-corrected chi connectivity index (χ4v) is 2.21. The molecule has 0 saturated heterocycles. The molecular weight excluding hydrogens is 208 g/mol. The van der Waals surface area contributed by atoms with E-state index in [2.05, 4.69) is 69.3 Å². The topological polar surface area (TPSA) is 17.3 Å². The number of aromatic nitrogens is 2. The van der Waals surface area contributed by atoms with Crippen molar-refractivity contribution in [2.45, 2.75) is 52.4 Å². The van der Waals surface area contributed by atoms with Gasteiger partial charge in [0, 0.05) is 11.6 Å². The van der Waals surface area contributed by atoms with Gasteiger partial charge in [-0.25, -0.2) is 4.98 Å². The summed E-state index contributed by atoms with van der Waals surface area (Å²) in [5.41, 5.74) is 4.04. The molecule has 0 aliphatic heterocycles. The largest absolute Gasteiger partial charge is 0.306 e. The minimum atomic E-state index is 0.0795. The first kappa shape index (κ1) is 12.2. The summed E-state index contributed by atoms with van der Waals surface area (Å²) in [6.07, 6.45) is 4.00. The number of nitrogens with zero attached hydrogens (tertiary/aromatic N) is 2. The van der Waals surface area contributed by atoms with Crippen LogP contribution in [-0.4, -0.2) is 9.38 Å². The highest BCUT2D eigenvalue weighted by molar-refractivity contribution is 5.63. The molecule has 0 fully saturated rings. The summed E-state index contributed by atoms with van der Waals surface area (Å²) in [6, 6.07) is 4.31. The molecule has 2 aromatic heterocycles. The van der Waals surface area contributed by atoms with Gasteiger partial charge in [0.15, 0.2) is 0 Å². The van der Waals surface area contributed by atoms with E-state index in [1.54, 1.807) is 0 Å². The number of pyridine rings is 1. The number of rotatable bonds is 0. The number of imidazole rings is 1. The summed E-state index contributed by atoms with van der Waals surface area (Å²) in [4.78, 5) is 4.60. The first-order valence-corrected chi connectivity index (χ1v) is 6.18. The van der Waals surface area contributed by atoms with Gasteiger partial charge in [-0.1, -0.05) is 47.6 Å². The Morgan fingerprint density at radius 2 is 1.65 bits per heavy atom. The van der Waals surface area contributed by atoms with Gasteiger partial charge in [-0.15, -0.1) is 0 Å². The molecule has 0 N–H and O–H groups in total. The third kappa shape index (κ3) is 2.08. The van der Waals surface area contributed by atoms with E-state index in [1.807, 2.05) is 6.33 Å². The maximum Gasteiger partial charge on any atom is 0.0995 e. The Bertz CT molecular complexity index is 536. The molecular formula is C15H22N2. The summed E-state index contributed by atoms with van der Waals surface area (Å²) in [7, 11) is 0. The van der Waals surface area contributed by atoms with Crippen LogP contribution in [0.5, 0.6) is 0 Å². The highest BCUT2D eigenvalue weighted by Gasteiger charge is 2.25. The molecule has 92 valence electrons. The van der Waals surface area contributed by atoms with Crippen molar-refractivity contribution < 1.29 is 0 Å². The van der Waals surface area contributed by atoms with Gasteiger partial charge in [0.25, 0.3) is 0 Å². The molecule has 2 aromatic rings. The molecule has 0 spiro atoms. The van der Waals surface area contributed by atoms with Crippen molar-refractivity contribution in [3.05, 3.63) is 35.9 Å². The smallest absolute Gasteiger partial charge is 0.0995 e. The minimum absolute atomic E-state index is 0.0795. The molecule has 0 atom stereocenters. The average molecular weight is 230 g/mol. The lowest BCUT2D eigenvalue weighted by molar-refractivity contribution is 0.568. The van der Waals surface area contributed by atoms with Crippen molar-refractivity contribution in [3.8, 4) is 0 Å². The van der Waals surface area contributed by atoms with Crippen LogP contribution in [0.1, 0.15) is 52.8 Å². The van der Waals surface area contributed by atoms with Gasteiger partial charge < -0.3 is 4.40 Å². The third-order valence-corrected chi connectivity index (χ3v) is 3.08. The van der Waals surface area contributed by atoms with Gasteiger partial charge in [0.2, 0.25) is 0 Å². The van der Waals surface area contributed by atoms with E-state index in [-0.39, 0.29) is 10.8 Å². The van der Waals surface area contributed by atoms with Crippen molar-refractivity contribution in [2.24, 2.45) is 0 Å². The molecule has 0 unspecified atom stereocenters. The quantitative estimate of drug-likeness (QED) is 0.670. The van der Waals surface area contributed by atoms with Crippen LogP contribution < -0.4 is 0 Å². The zero-order valence-electron chi connectivity index (χ0n) is 11.7. The average Bonchev–Trinajstić information content (AvgIpc) is 2.57. The van der Waals surface area contributed by atoms with Crippen LogP contribution in [0.2, 0.25) is 0 Å². The maximum absolute atomic E-state index is 4.60. The molecule has 0 saturated carbocycles. The van der Waals surface area contributed by atoms with Crippen molar-refractivity contribution in [3.63, 3.8) is 0 Å². The highest BCUT2D eigenvalue weighted by Crippen LogP contribution is 2.33. The van der Waals surface area contributed by atoms with Gasteiger partial charge in [-0.3, -0.25) is 0 Å². The van der Waals surface area contributed by atoms with E-state index in [0.29, 0.717) is 0 Å². The zero-order valence-corrected chi connectivity index (χ0v) is 11.7. The van der Waals surface area contributed by atoms with Crippen LogP contribution in [0.3, 0.4) is 0 Å². The second kappa shape index (κ2) is 3.59. The molecule has 0 aromatic carbocycles. The molecule has 2 heterocycles. The lowest BCUT2D eigenvalue weighted by Crippen LogP contribution is -2.17. The predicted octanol–water partition coefficient (Wildman–Crippen LogP) is 3.93. The molecule has 17 heavy (non-hydrogen) atoms. The first-order valence-electron chi connectivity index (χ1n) is 6.18. The monoisotopic (exact) mass is 230 g/mol. The molecule has 2 heteroatoms. The van der Waals surface area contributed by atoms with Gasteiger partial charge in [0.1, 0.15) is 0 Å². The van der Waals surface area contributed by atoms with Crippen molar-refractivity contribution >= 4 is 5.52 Å². The molecule has 2 nitrogen and oxygen atoms in total. The lowest BCUT2D eigenvalue weighted by atomic mass is 9.83. The predicted molar refractivity (Wildman–Crippen MR) is 72.6 cm³/mol. The van der Waals surface area contributed by atoms with Gasteiger partial charge in [-0.2, -0.15) is 0 Å². The second-order valence-electron chi connectivity index (χ2n) is 6.77. The van der Waals surface area contributed by atoms with Crippen LogP contribution in [-0.2, 0) is 10.8 Å². The third-order valence-electron chi connectivity index (χ3n) is 3.08. The lowest BCUT2D eigenvalue weighted by Gasteiger charge is -2.23. The zero-order chi connectivity index (χ0) is 12.8. The van der Waals surface area contributed by atoms with E-state index in [0.717, 1.165) is 0 Å². The summed E-state index contributed by atoms with van der Waals surface area (Å²) >= 11 is 0. The fourth-order valence-electron chi connectivity index (χ4n) is 2.21. The summed E-state index contributed by atoms with van der Waals surface area (Å²) < 4.78 is 2.14. The first-order chi connectivity index (χ1) is 7.71. The van der Waals surface area contributed by atoms with Gasteiger partial charge in [-0.05, 0) is 17.0 Å². The summed E-state index contributed by atoms with van der Waals surface area (Å²) in [5, 5.41) is 0. The van der Waals surface area contributed by atoms with E-state index >= 15 is 0 Å². The van der Waals surface area contributed by atoms with Gasteiger partial charge in [0.05, 0.1) is 17.5 Å². The normalized spacial score (nSPS) is 13.3. The van der Waals surface area contributed by atoms with Crippen molar-refractivity contribution in [2.75, 3.05) is 0 Å². The Morgan fingerprint density at radius 3 is 2.18 bits per heavy atom.